The standard InChI is InChI=1S/C25H28ClN5O3/c26-18-7-3-6-17(16-18)22-27-13-10-19(28-22)20-8-4-14-30(20)21(32)9-5-15-31-23(33)25(29-24(31)34)11-1-2-12-25/h3,6-7,10,13,16,20H,1-2,4-5,8-9,11-12,14-15H2,(H,29,34)/t20-/m1/s1. The van der Waals surface area contributed by atoms with Gasteiger partial charge >= 0.3 is 6.03 Å². The second-order valence-corrected chi connectivity index (χ2v) is 9.78. The summed E-state index contributed by atoms with van der Waals surface area (Å²) in [6.07, 6.45) is 7.53. The van der Waals surface area contributed by atoms with Gasteiger partial charge in [-0.05, 0) is 50.3 Å². The van der Waals surface area contributed by atoms with Gasteiger partial charge in [-0.25, -0.2) is 14.8 Å². The zero-order valence-electron chi connectivity index (χ0n) is 19.0. The first kappa shape index (κ1) is 22.8. The molecule has 1 N–H and O–H groups in total. The normalized spacial score (nSPS) is 21.5. The van der Waals surface area contributed by atoms with Crippen molar-refractivity contribution in [3.05, 3.63) is 47.2 Å². The summed E-state index contributed by atoms with van der Waals surface area (Å²) in [5, 5.41) is 3.51. The molecule has 1 aliphatic carbocycles. The summed E-state index contributed by atoms with van der Waals surface area (Å²) in [6, 6.07) is 8.83. The highest BCUT2D eigenvalue weighted by molar-refractivity contribution is 6.30. The van der Waals surface area contributed by atoms with E-state index in [0.29, 0.717) is 36.7 Å². The number of nitrogens with one attached hydrogen (secondary N) is 1. The first-order valence-corrected chi connectivity index (χ1v) is 12.4. The summed E-state index contributed by atoms with van der Waals surface area (Å²) in [5.41, 5.74) is 0.946. The van der Waals surface area contributed by atoms with Crippen molar-refractivity contribution in [2.45, 2.75) is 62.9 Å². The van der Waals surface area contributed by atoms with Crippen molar-refractivity contribution in [1.82, 2.24) is 25.1 Å². The van der Waals surface area contributed by atoms with Crippen molar-refractivity contribution in [1.29, 1.82) is 0 Å². The van der Waals surface area contributed by atoms with E-state index in [-0.39, 0.29) is 36.9 Å². The largest absolute Gasteiger partial charge is 0.334 e. The van der Waals surface area contributed by atoms with Crippen LogP contribution in [-0.4, -0.2) is 56.2 Å². The van der Waals surface area contributed by atoms with E-state index in [1.54, 1.807) is 12.3 Å². The lowest BCUT2D eigenvalue weighted by Crippen LogP contribution is -2.44. The molecule has 2 aromatic rings. The SMILES string of the molecule is O=C1NC2(CCCC2)C(=O)N1CCCC(=O)N1CCC[C@@H]1c1ccnc(-c2cccc(Cl)c2)n1. The molecule has 3 heterocycles. The van der Waals surface area contributed by atoms with E-state index in [1.165, 1.54) is 4.90 Å². The van der Waals surface area contributed by atoms with Gasteiger partial charge in [0.05, 0.1) is 11.7 Å². The summed E-state index contributed by atoms with van der Waals surface area (Å²) in [5.74, 6) is 0.475. The highest BCUT2D eigenvalue weighted by Gasteiger charge is 2.52. The van der Waals surface area contributed by atoms with E-state index >= 15 is 0 Å². The fourth-order valence-corrected chi connectivity index (χ4v) is 5.62. The summed E-state index contributed by atoms with van der Waals surface area (Å²) >= 11 is 6.12. The molecule has 0 bridgehead atoms. The van der Waals surface area contributed by atoms with E-state index in [2.05, 4.69) is 10.3 Å². The van der Waals surface area contributed by atoms with E-state index in [1.807, 2.05) is 29.2 Å². The quantitative estimate of drug-likeness (QED) is 0.626. The van der Waals surface area contributed by atoms with Gasteiger partial charge in [0.25, 0.3) is 5.91 Å². The van der Waals surface area contributed by atoms with Gasteiger partial charge in [-0.3, -0.25) is 14.5 Å². The van der Waals surface area contributed by atoms with Crippen LogP contribution in [0, 0.1) is 0 Å². The number of halogens is 1. The molecule has 0 unspecified atom stereocenters. The second-order valence-electron chi connectivity index (χ2n) is 9.34. The van der Waals surface area contributed by atoms with Crippen LogP contribution in [0.1, 0.15) is 63.1 Å². The fraction of sp³-hybridized carbons (Fsp3) is 0.480. The van der Waals surface area contributed by atoms with E-state index < -0.39 is 5.54 Å². The first-order valence-electron chi connectivity index (χ1n) is 12.0. The van der Waals surface area contributed by atoms with Crippen molar-refractivity contribution in [2.75, 3.05) is 13.1 Å². The van der Waals surface area contributed by atoms with Crippen LogP contribution in [0.15, 0.2) is 36.5 Å². The molecule has 2 saturated heterocycles. The second kappa shape index (κ2) is 9.33. The molecule has 4 amide bonds. The Morgan fingerprint density at radius 1 is 1.18 bits per heavy atom. The number of rotatable bonds is 6. The molecule has 1 atom stereocenters. The number of imide groups is 1. The number of benzene rings is 1. The van der Waals surface area contributed by atoms with Gasteiger partial charge < -0.3 is 10.2 Å². The predicted molar refractivity (Wildman–Crippen MR) is 127 cm³/mol. The average Bonchev–Trinajstić information content (AvgIpc) is 3.56. The van der Waals surface area contributed by atoms with Gasteiger partial charge in [0, 0.05) is 36.3 Å². The van der Waals surface area contributed by atoms with Crippen LogP contribution in [0.5, 0.6) is 0 Å². The average molecular weight is 482 g/mol. The predicted octanol–water partition coefficient (Wildman–Crippen LogP) is 4.11. The Morgan fingerprint density at radius 2 is 2.00 bits per heavy atom. The summed E-state index contributed by atoms with van der Waals surface area (Å²) in [7, 11) is 0. The highest BCUT2D eigenvalue weighted by atomic mass is 35.5. The number of carbonyl (C=O) groups is 3. The van der Waals surface area contributed by atoms with Gasteiger partial charge in [-0.2, -0.15) is 0 Å². The van der Waals surface area contributed by atoms with Crippen LogP contribution < -0.4 is 5.32 Å². The van der Waals surface area contributed by atoms with Crippen LogP contribution in [0.3, 0.4) is 0 Å². The number of hydrogen-bond acceptors (Lipinski definition) is 5. The summed E-state index contributed by atoms with van der Waals surface area (Å²) in [6.45, 7) is 0.940. The molecule has 3 aliphatic rings. The van der Waals surface area contributed by atoms with E-state index in [9.17, 15) is 14.4 Å². The lowest BCUT2D eigenvalue weighted by atomic mass is 9.98. The highest BCUT2D eigenvalue weighted by Crippen LogP contribution is 2.35. The van der Waals surface area contributed by atoms with Crippen LogP contribution in [0.4, 0.5) is 4.79 Å². The van der Waals surface area contributed by atoms with E-state index in [4.69, 9.17) is 16.6 Å². The van der Waals surface area contributed by atoms with Crippen molar-refractivity contribution in [2.24, 2.45) is 0 Å². The van der Waals surface area contributed by atoms with Crippen molar-refractivity contribution < 1.29 is 14.4 Å². The number of aromatic nitrogens is 2. The molecule has 178 valence electrons. The molecule has 2 aliphatic heterocycles. The molecular weight excluding hydrogens is 454 g/mol. The molecule has 1 saturated carbocycles. The summed E-state index contributed by atoms with van der Waals surface area (Å²) in [4.78, 5) is 50.5. The molecule has 1 aromatic heterocycles. The minimum absolute atomic E-state index is 0.0213. The zero-order valence-corrected chi connectivity index (χ0v) is 19.8. The Morgan fingerprint density at radius 3 is 2.79 bits per heavy atom. The van der Waals surface area contributed by atoms with Gasteiger partial charge in [0.1, 0.15) is 5.54 Å². The van der Waals surface area contributed by atoms with Crippen LogP contribution in [0.25, 0.3) is 11.4 Å². The van der Waals surface area contributed by atoms with Gasteiger partial charge in [-0.15, -0.1) is 0 Å². The number of amides is 4. The maximum Gasteiger partial charge on any atom is 0.325 e. The monoisotopic (exact) mass is 481 g/mol. The maximum atomic E-state index is 13.1. The van der Waals surface area contributed by atoms with Crippen LogP contribution in [-0.2, 0) is 9.59 Å². The number of hydrogen-bond donors (Lipinski definition) is 1. The van der Waals surface area contributed by atoms with Gasteiger partial charge in [0.2, 0.25) is 5.91 Å². The molecule has 5 rings (SSSR count). The lowest BCUT2D eigenvalue weighted by Gasteiger charge is -2.25. The third-order valence-electron chi connectivity index (χ3n) is 7.15. The third kappa shape index (κ3) is 4.27. The number of urea groups is 1. The lowest BCUT2D eigenvalue weighted by molar-refractivity contribution is -0.134. The van der Waals surface area contributed by atoms with Crippen LogP contribution in [0.2, 0.25) is 5.02 Å². The minimum Gasteiger partial charge on any atom is -0.334 e. The van der Waals surface area contributed by atoms with Crippen LogP contribution >= 0.6 is 11.6 Å². The maximum absolute atomic E-state index is 13.1. The van der Waals surface area contributed by atoms with Crippen molar-refractivity contribution in [3.63, 3.8) is 0 Å². The molecule has 9 heteroatoms. The zero-order chi connectivity index (χ0) is 23.7. The van der Waals surface area contributed by atoms with Crippen molar-refractivity contribution >= 4 is 29.4 Å². The number of carbonyl (C=O) groups excluding carboxylic acids is 3. The molecule has 1 spiro atoms. The molecule has 0 radical (unpaired) electrons. The molecule has 1 aromatic carbocycles. The number of likely N-dealkylation sites (tertiary alicyclic amines) is 1. The topological polar surface area (TPSA) is 95.5 Å². The smallest absolute Gasteiger partial charge is 0.325 e. The Kier molecular flexibility index (Phi) is 6.25. The Labute approximate surface area is 203 Å². The van der Waals surface area contributed by atoms with E-state index in [0.717, 1.165) is 36.9 Å². The molecule has 3 fully saturated rings. The Balaban J connectivity index is 1.22. The first-order chi connectivity index (χ1) is 16.5. The molecule has 8 nitrogen and oxygen atoms in total. The van der Waals surface area contributed by atoms with Gasteiger partial charge in [0.15, 0.2) is 5.82 Å². The molecule has 34 heavy (non-hydrogen) atoms. The Hall–Kier alpha value is -3.00. The van der Waals surface area contributed by atoms with Gasteiger partial charge in [-0.1, -0.05) is 36.6 Å². The molecular formula is C25H28ClN5O3. The third-order valence-corrected chi connectivity index (χ3v) is 7.38. The minimum atomic E-state index is -0.700. The van der Waals surface area contributed by atoms with Crippen molar-refractivity contribution in [3.8, 4) is 11.4 Å². The Bertz CT molecular complexity index is 1120. The summed E-state index contributed by atoms with van der Waals surface area (Å²) < 4.78 is 0. The fourth-order valence-electron chi connectivity index (χ4n) is 5.43. The number of nitrogens with zero attached hydrogens (tertiary/aromatic N) is 4.